The van der Waals surface area contributed by atoms with Crippen LogP contribution in [0, 0.1) is 17.7 Å². The second kappa shape index (κ2) is 21.2. The number of aliphatic carboxylic acids is 1. The third-order valence-corrected chi connectivity index (χ3v) is 11.6. The van der Waals surface area contributed by atoms with E-state index >= 15 is 0 Å². The number of carbonyl (C=O) groups is 3. The maximum atomic E-state index is 14.0. The largest absolute Gasteiger partial charge is 0.490 e. The summed E-state index contributed by atoms with van der Waals surface area (Å²) in [6.07, 6.45) is 3.74. The minimum Gasteiger partial charge on any atom is -0.475 e. The Balaban J connectivity index is 0.000000793. The van der Waals surface area contributed by atoms with Crippen LogP contribution in [0.4, 0.5) is 17.6 Å². The van der Waals surface area contributed by atoms with Gasteiger partial charge in [-0.25, -0.2) is 9.18 Å². The van der Waals surface area contributed by atoms with Crippen LogP contribution < -0.4 is 5.32 Å². The molecule has 316 valence electrons. The average molecular weight is 844 g/mol. The van der Waals surface area contributed by atoms with Gasteiger partial charge in [0.05, 0.1) is 6.42 Å². The molecule has 0 bridgehead atoms. The van der Waals surface area contributed by atoms with Crippen molar-refractivity contribution in [3.05, 3.63) is 131 Å². The maximum Gasteiger partial charge on any atom is 0.490 e. The third-order valence-electron chi connectivity index (χ3n) is 11.1. The van der Waals surface area contributed by atoms with Gasteiger partial charge in [0, 0.05) is 42.7 Å². The number of carboxylic acid groups (broad SMARTS) is 1. The zero-order chi connectivity index (χ0) is 42.5. The summed E-state index contributed by atoms with van der Waals surface area (Å²) in [5.41, 5.74) is 6.96. The van der Waals surface area contributed by atoms with Crippen molar-refractivity contribution in [1.82, 2.24) is 24.7 Å². The summed E-state index contributed by atoms with van der Waals surface area (Å²) in [5.74, 6) is -1.51. The fourth-order valence-electron chi connectivity index (χ4n) is 7.88. The van der Waals surface area contributed by atoms with Crippen molar-refractivity contribution < 1.29 is 37.1 Å². The van der Waals surface area contributed by atoms with E-state index < -0.39 is 12.1 Å². The normalized spacial score (nSPS) is 14.9. The van der Waals surface area contributed by atoms with Crippen molar-refractivity contribution in [2.24, 2.45) is 11.8 Å². The maximum absolute atomic E-state index is 14.0. The molecule has 0 radical (unpaired) electrons. The Bertz CT molecular complexity index is 2190. The summed E-state index contributed by atoms with van der Waals surface area (Å²) < 4.78 is 49.8. The van der Waals surface area contributed by atoms with Crippen molar-refractivity contribution in [2.45, 2.75) is 70.6 Å². The van der Waals surface area contributed by atoms with E-state index in [0.29, 0.717) is 30.1 Å². The molecule has 2 amide bonds. The van der Waals surface area contributed by atoms with Gasteiger partial charge in [0.1, 0.15) is 11.5 Å². The molecule has 60 heavy (non-hydrogen) atoms. The van der Waals surface area contributed by atoms with Crippen molar-refractivity contribution in [3.8, 4) is 22.4 Å². The van der Waals surface area contributed by atoms with Gasteiger partial charge < -0.3 is 20.2 Å². The van der Waals surface area contributed by atoms with Crippen LogP contribution in [0.1, 0.15) is 72.0 Å². The molecule has 2 aliphatic rings. The number of carbonyl (C=O) groups excluding carboxylic acids is 2. The van der Waals surface area contributed by atoms with E-state index in [-0.39, 0.29) is 24.1 Å². The van der Waals surface area contributed by atoms with Crippen LogP contribution in [0.15, 0.2) is 102 Å². The number of hydrogen-bond donors (Lipinski definition) is 2. The molecule has 0 unspecified atom stereocenters. The lowest BCUT2D eigenvalue weighted by Crippen LogP contribution is -2.38. The summed E-state index contributed by atoms with van der Waals surface area (Å²) in [7, 11) is 0. The van der Waals surface area contributed by atoms with E-state index in [1.165, 1.54) is 68.9 Å². The van der Waals surface area contributed by atoms with Gasteiger partial charge in [0.25, 0.3) is 5.91 Å². The monoisotopic (exact) mass is 843 g/mol. The van der Waals surface area contributed by atoms with Crippen molar-refractivity contribution in [1.29, 1.82) is 0 Å². The highest BCUT2D eigenvalue weighted by Gasteiger charge is 2.38. The molecule has 9 nitrogen and oxygen atoms in total. The number of halogens is 4. The minimum absolute atomic E-state index is 0.0902. The standard InChI is InChI=1S/C44H48FN5O2S.C2HF3O2/c45-41-15-4-8-34(26-41)27-43(51)50(30-36-10-3-13-39(25-36)42-31-53-48-47-42)29-35-9-2-11-37(24-35)38-12-5-14-40(28-38)44(52)49-22-18-33(19-23-49)7-1-6-32-16-20-46-21-17-32;3-2(4,5)1(6)7/h2-5,8-15,24-26,28,31-33,46H,1,6-7,16-23,27,29-30H2;(H,6,7). The third kappa shape index (κ3) is 13.0. The smallest absolute Gasteiger partial charge is 0.475 e. The molecule has 0 spiro atoms. The Morgan fingerprint density at radius 3 is 1.95 bits per heavy atom. The lowest BCUT2D eigenvalue weighted by molar-refractivity contribution is -0.192. The summed E-state index contributed by atoms with van der Waals surface area (Å²) >= 11 is 1.30. The fourth-order valence-corrected chi connectivity index (χ4v) is 8.35. The Kier molecular flexibility index (Phi) is 15.6. The lowest BCUT2D eigenvalue weighted by atomic mass is 9.87. The average Bonchev–Trinajstić information content (AvgIpc) is 3.80. The SMILES string of the molecule is O=C(Cc1cccc(F)c1)N(Cc1cccc(-c2cccc(C(=O)N3CCC(CCCC4CCNCC4)CC3)c2)c1)Cc1cccc(-c2csnn2)c1.O=C(O)C(F)(F)F. The van der Waals surface area contributed by atoms with Crippen LogP contribution in [-0.2, 0) is 29.1 Å². The number of piperidine rings is 2. The van der Waals surface area contributed by atoms with E-state index in [1.54, 1.807) is 12.1 Å². The molecule has 3 heterocycles. The first-order chi connectivity index (χ1) is 28.9. The number of carboxylic acids is 1. The minimum atomic E-state index is -5.08. The highest BCUT2D eigenvalue weighted by atomic mass is 32.1. The lowest BCUT2D eigenvalue weighted by Gasteiger charge is -2.32. The van der Waals surface area contributed by atoms with Crippen LogP contribution in [0.3, 0.4) is 0 Å². The molecular weight excluding hydrogens is 795 g/mol. The highest BCUT2D eigenvalue weighted by Crippen LogP contribution is 2.29. The van der Waals surface area contributed by atoms with Gasteiger partial charge in [-0.2, -0.15) is 13.2 Å². The van der Waals surface area contributed by atoms with E-state index in [0.717, 1.165) is 65.4 Å². The number of alkyl halides is 3. The first-order valence-corrected chi connectivity index (χ1v) is 21.1. The molecule has 2 N–H and O–H groups in total. The van der Waals surface area contributed by atoms with Crippen LogP contribution in [-0.4, -0.2) is 74.6 Å². The molecule has 2 aliphatic heterocycles. The zero-order valence-corrected chi connectivity index (χ0v) is 34.1. The van der Waals surface area contributed by atoms with E-state index in [1.807, 2.05) is 81.9 Å². The summed E-state index contributed by atoms with van der Waals surface area (Å²) in [4.78, 5) is 40.3. The molecule has 0 aliphatic carbocycles. The second-order valence-electron chi connectivity index (χ2n) is 15.5. The molecule has 0 saturated carbocycles. The molecule has 5 aromatic rings. The van der Waals surface area contributed by atoms with E-state index in [2.05, 4.69) is 21.0 Å². The topological polar surface area (TPSA) is 116 Å². The molecule has 0 atom stereocenters. The van der Waals surface area contributed by atoms with Gasteiger partial charge in [0.2, 0.25) is 5.91 Å². The first-order valence-electron chi connectivity index (χ1n) is 20.3. The molecule has 7 rings (SSSR count). The summed E-state index contributed by atoms with van der Waals surface area (Å²) in [5, 5.41) is 16.7. The van der Waals surface area contributed by atoms with E-state index in [9.17, 15) is 27.2 Å². The van der Waals surface area contributed by atoms with Gasteiger partial charge in [-0.05, 0) is 126 Å². The van der Waals surface area contributed by atoms with Gasteiger partial charge in [-0.15, -0.1) is 5.10 Å². The molecule has 1 aromatic heterocycles. The second-order valence-corrected chi connectivity index (χ2v) is 16.1. The zero-order valence-electron chi connectivity index (χ0n) is 33.3. The molecule has 4 aromatic carbocycles. The number of nitrogens with one attached hydrogen (secondary N) is 1. The number of amides is 2. The fraction of sp³-hybridized carbons (Fsp3) is 0.370. The molecule has 2 saturated heterocycles. The summed E-state index contributed by atoms with van der Waals surface area (Å²) in [6.45, 7) is 4.72. The number of benzene rings is 4. The number of hydrogen-bond acceptors (Lipinski definition) is 7. The molecular formula is C46H49F4N5O4S. The Morgan fingerprint density at radius 2 is 1.33 bits per heavy atom. The van der Waals surface area contributed by atoms with Crippen LogP contribution in [0.25, 0.3) is 22.4 Å². The molecule has 14 heteroatoms. The van der Waals surface area contributed by atoms with Crippen LogP contribution in [0.5, 0.6) is 0 Å². The molecule has 2 fully saturated rings. The predicted octanol–water partition coefficient (Wildman–Crippen LogP) is 9.44. The van der Waals surface area contributed by atoms with Crippen LogP contribution in [0.2, 0.25) is 0 Å². The number of likely N-dealkylation sites (tertiary alicyclic amines) is 1. The summed E-state index contributed by atoms with van der Waals surface area (Å²) in [6, 6.07) is 30.3. The van der Waals surface area contributed by atoms with Crippen LogP contribution >= 0.6 is 11.5 Å². The van der Waals surface area contributed by atoms with Crippen molar-refractivity contribution >= 4 is 29.3 Å². The predicted molar refractivity (Wildman–Crippen MR) is 223 cm³/mol. The Morgan fingerprint density at radius 1 is 0.767 bits per heavy atom. The van der Waals surface area contributed by atoms with E-state index in [4.69, 9.17) is 9.90 Å². The van der Waals surface area contributed by atoms with Crippen molar-refractivity contribution in [2.75, 3.05) is 26.2 Å². The number of nitrogens with zero attached hydrogens (tertiary/aromatic N) is 4. The van der Waals surface area contributed by atoms with Gasteiger partial charge in [-0.1, -0.05) is 84.4 Å². The Hall–Kier alpha value is -5.47. The quantitative estimate of drug-likeness (QED) is 0.114. The van der Waals surface area contributed by atoms with Gasteiger partial charge in [-0.3, -0.25) is 9.59 Å². The Labute approximate surface area is 351 Å². The highest BCUT2D eigenvalue weighted by molar-refractivity contribution is 7.03. The number of aromatic nitrogens is 2. The first kappa shape index (κ1) is 44.1. The van der Waals surface area contributed by atoms with Gasteiger partial charge >= 0.3 is 12.1 Å². The van der Waals surface area contributed by atoms with Crippen molar-refractivity contribution in [3.63, 3.8) is 0 Å². The number of rotatable bonds is 13. The van der Waals surface area contributed by atoms with Gasteiger partial charge in [0.15, 0.2) is 0 Å².